The number of quaternary nitrogens is 1. The van der Waals surface area contributed by atoms with Crippen molar-refractivity contribution in [3.05, 3.63) is 65.7 Å². The Bertz CT molecular complexity index is 876. The SMILES string of the molecule is COc1ccc(CC[NH2+]Cc2c(OC)ccc3ccccc23)cc1OC. The van der Waals surface area contributed by atoms with E-state index in [1.165, 1.54) is 21.9 Å². The van der Waals surface area contributed by atoms with Crippen LogP contribution in [-0.2, 0) is 13.0 Å². The van der Waals surface area contributed by atoms with Crippen molar-refractivity contribution >= 4 is 10.8 Å². The molecule has 3 aromatic carbocycles. The van der Waals surface area contributed by atoms with Gasteiger partial charge in [-0.2, -0.15) is 0 Å². The monoisotopic (exact) mass is 352 g/mol. The molecule has 0 saturated carbocycles. The first-order valence-corrected chi connectivity index (χ1v) is 8.84. The van der Waals surface area contributed by atoms with E-state index < -0.39 is 0 Å². The van der Waals surface area contributed by atoms with Crippen LogP contribution in [0, 0.1) is 0 Å². The van der Waals surface area contributed by atoms with E-state index in [-0.39, 0.29) is 0 Å². The number of methoxy groups -OCH3 is 3. The summed E-state index contributed by atoms with van der Waals surface area (Å²) < 4.78 is 16.2. The first-order chi connectivity index (χ1) is 12.8. The topological polar surface area (TPSA) is 44.3 Å². The highest BCUT2D eigenvalue weighted by Crippen LogP contribution is 2.28. The lowest BCUT2D eigenvalue weighted by atomic mass is 10.0. The normalized spacial score (nSPS) is 10.7. The molecule has 0 unspecified atom stereocenters. The van der Waals surface area contributed by atoms with Gasteiger partial charge in [0.05, 0.1) is 33.4 Å². The minimum atomic E-state index is 0.765. The van der Waals surface area contributed by atoms with Gasteiger partial charge < -0.3 is 19.5 Å². The van der Waals surface area contributed by atoms with Gasteiger partial charge in [0.25, 0.3) is 0 Å². The number of ether oxygens (including phenoxy) is 3. The highest BCUT2D eigenvalue weighted by atomic mass is 16.5. The Morgan fingerprint density at radius 2 is 1.50 bits per heavy atom. The second-order valence-corrected chi connectivity index (χ2v) is 6.19. The highest BCUT2D eigenvalue weighted by molar-refractivity contribution is 5.87. The Morgan fingerprint density at radius 1 is 0.769 bits per heavy atom. The van der Waals surface area contributed by atoms with E-state index >= 15 is 0 Å². The van der Waals surface area contributed by atoms with E-state index in [1.807, 2.05) is 12.1 Å². The van der Waals surface area contributed by atoms with Gasteiger partial charge in [0, 0.05) is 6.42 Å². The summed E-state index contributed by atoms with van der Waals surface area (Å²) in [4.78, 5) is 0. The fourth-order valence-corrected chi connectivity index (χ4v) is 3.27. The van der Waals surface area contributed by atoms with Crippen molar-refractivity contribution in [3.63, 3.8) is 0 Å². The van der Waals surface area contributed by atoms with Crippen LogP contribution in [0.4, 0.5) is 0 Å². The number of hydrogen-bond acceptors (Lipinski definition) is 3. The number of fused-ring (bicyclic) bond motifs is 1. The summed E-state index contributed by atoms with van der Waals surface area (Å²) in [7, 11) is 5.06. The van der Waals surface area contributed by atoms with Crippen molar-refractivity contribution in [2.75, 3.05) is 27.9 Å². The molecule has 136 valence electrons. The molecule has 3 rings (SSSR count). The highest BCUT2D eigenvalue weighted by Gasteiger charge is 2.10. The maximum atomic E-state index is 5.57. The van der Waals surface area contributed by atoms with Crippen LogP contribution in [0.1, 0.15) is 11.1 Å². The molecule has 0 amide bonds. The van der Waals surface area contributed by atoms with Gasteiger partial charge in [0.1, 0.15) is 12.3 Å². The smallest absolute Gasteiger partial charge is 0.160 e. The molecule has 26 heavy (non-hydrogen) atoms. The molecule has 0 saturated heterocycles. The predicted octanol–water partition coefficient (Wildman–Crippen LogP) is 3.17. The van der Waals surface area contributed by atoms with Crippen LogP contribution >= 0.6 is 0 Å². The van der Waals surface area contributed by atoms with Gasteiger partial charge in [-0.25, -0.2) is 0 Å². The molecule has 0 aliphatic heterocycles. The van der Waals surface area contributed by atoms with Gasteiger partial charge in [-0.3, -0.25) is 0 Å². The third kappa shape index (κ3) is 3.92. The summed E-state index contributed by atoms with van der Waals surface area (Å²) >= 11 is 0. The molecule has 0 atom stereocenters. The van der Waals surface area contributed by atoms with Crippen LogP contribution in [0.3, 0.4) is 0 Å². The van der Waals surface area contributed by atoms with Gasteiger partial charge in [0.2, 0.25) is 0 Å². The Hall–Kier alpha value is -2.72. The average molecular weight is 352 g/mol. The van der Waals surface area contributed by atoms with Gasteiger partial charge in [-0.05, 0) is 34.5 Å². The second-order valence-electron chi connectivity index (χ2n) is 6.19. The van der Waals surface area contributed by atoms with Crippen molar-refractivity contribution in [1.82, 2.24) is 0 Å². The summed E-state index contributed by atoms with van der Waals surface area (Å²) in [6, 6.07) is 18.7. The first kappa shape index (κ1) is 18.1. The largest absolute Gasteiger partial charge is 0.496 e. The summed E-state index contributed by atoms with van der Waals surface area (Å²) in [5.41, 5.74) is 2.49. The van der Waals surface area contributed by atoms with Crippen molar-refractivity contribution in [1.29, 1.82) is 0 Å². The number of benzene rings is 3. The van der Waals surface area contributed by atoms with Gasteiger partial charge in [0.15, 0.2) is 11.5 Å². The van der Waals surface area contributed by atoms with E-state index in [1.54, 1.807) is 21.3 Å². The van der Waals surface area contributed by atoms with Crippen LogP contribution < -0.4 is 19.5 Å². The zero-order valence-electron chi connectivity index (χ0n) is 15.6. The molecule has 0 aliphatic carbocycles. The third-order valence-electron chi connectivity index (χ3n) is 4.65. The fourth-order valence-electron chi connectivity index (χ4n) is 3.27. The van der Waals surface area contributed by atoms with Crippen molar-refractivity contribution in [2.24, 2.45) is 0 Å². The second kappa shape index (κ2) is 8.59. The average Bonchev–Trinajstić information content (AvgIpc) is 2.70. The predicted molar refractivity (Wildman–Crippen MR) is 104 cm³/mol. The summed E-state index contributed by atoms with van der Waals surface area (Å²) in [5, 5.41) is 4.83. The number of nitrogens with two attached hydrogens (primary N) is 1. The maximum Gasteiger partial charge on any atom is 0.160 e. The van der Waals surface area contributed by atoms with E-state index in [9.17, 15) is 0 Å². The van der Waals surface area contributed by atoms with Crippen molar-refractivity contribution in [2.45, 2.75) is 13.0 Å². The van der Waals surface area contributed by atoms with E-state index in [4.69, 9.17) is 14.2 Å². The van der Waals surface area contributed by atoms with Crippen molar-refractivity contribution < 1.29 is 19.5 Å². The quantitative estimate of drug-likeness (QED) is 0.633. The zero-order chi connectivity index (χ0) is 18.4. The third-order valence-corrected chi connectivity index (χ3v) is 4.65. The molecule has 4 heteroatoms. The Balaban J connectivity index is 1.66. The molecule has 0 fully saturated rings. The minimum absolute atomic E-state index is 0.765. The van der Waals surface area contributed by atoms with Gasteiger partial charge in [-0.1, -0.05) is 36.4 Å². The molecular formula is C22H26NO3+. The Labute approximate surface area is 154 Å². The number of hydrogen-bond donors (Lipinski definition) is 1. The molecule has 4 nitrogen and oxygen atoms in total. The summed E-state index contributed by atoms with van der Waals surface area (Å²) in [5.74, 6) is 2.49. The molecule has 2 N–H and O–H groups in total. The molecule has 0 bridgehead atoms. The maximum absolute atomic E-state index is 5.57. The molecule has 0 heterocycles. The lowest BCUT2D eigenvalue weighted by Crippen LogP contribution is -2.83. The van der Waals surface area contributed by atoms with Crippen molar-refractivity contribution in [3.8, 4) is 17.2 Å². The minimum Gasteiger partial charge on any atom is -0.496 e. The van der Waals surface area contributed by atoms with Crippen LogP contribution in [0.2, 0.25) is 0 Å². The van der Waals surface area contributed by atoms with Crippen LogP contribution in [0.5, 0.6) is 17.2 Å². The fraction of sp³-hybridized carbons (Fsp3) is 0.273. The Kier molecular flexibility index (Phi) is 5.97. The molecular weight excluding hydrogens is 326 g/mol. The zero-order valence-corrected chi connectivity index (χ0v) is 15.6. The Morgan fingerprint density at radius 3 is 2.27 bits per heavy atom. The molecule has 0 aromatic heterocycles. The molecule has 3 aromatic rings. The lowest BCUT2D eigenvalue weighted by Gasteiger charge is -2.12. The number of rotatable bonds is 8. The van der Waals surface area contributed by atoms with Crippen LogP contribution in [0.15, 0.2) is 54.6 Å². The molecule has 0 spiro atoms. The van der Waals surface area contributed by atoms with E-state index in [0.29, 0.717) is 0 Å². The summed E-state index contributed by atoms with van der Waals surface area (Å²) in [6.45, 7) is 1.87. The molecule has 0 aliphatic rings. The summed E-state index contributed by atoms with van der Waals surface area (Å²) in [6.07, 6.45) is 0.966. The van der Waals surface area contributed by atoms with Crippen LogP contribution in [-0.4, -0.2) is 27.9 Å². The van der Waals surface area contributed by atoms with E-state index in [2.05, 4.69) is 47.8 Å². The standard InChI is InChI=1S/C22H25NO3/c1-24-20-11-9-17-6-4-5-7-18(17)19(20)15-23-13-12-16-8-10-21(25-2)22(14-16)26-3/h4-11,14,23H,12-13,15H2,1-3H3/p+1. The van der Waals surface area contributed by atoms with Gasteiger partial charge >= 0.3 is 0 Å². The van der Waals surface area contributed by atoms with Crippen LogP contribution in [0.25, 0.3) is 10.8 Å². The first-order valence-electron chi connectivity index (χ1n) is 8.84. The lowest BCUT2D eigenvalue weighted by molar-refractivity contribution is -0.670. The van der Waals surface area contributed by atoms with E-state index in [0.717, 1.165) is 36.8 Å². The molecule has 0 radical (unpaired) electrons. The van der Waals surface area contributed by atoms with Gasteiger partial charge in [-0.15, -0.1) is 0 Å².